The van der Waals surface area contributed by atoms with Crippen LogP contribution in [0.15, 0.2) is 59.5 Å². The van der Waals surface area contributed by atoms with Crippen LogP contribution in [0.2, 0.25) is 0 Å². The molecule has 0 saturated heterocycles. The molecule has 0 spiro atoms. The normalized spacial score (nSPS) is 12.7. The van der Waals surface area contributed by atoms with E-state index in [1.165, 1.54) is 31.2 Å². The van der Waals surface area contributed by atoms with Crippen LogP contribution in [0.5, 0.6) is 5.75 Å². The van der Waals surface area contributed by atoms with Gasteiger partial charge >= 0.3 is 16.1 Å². The molecule has 0 aliphatic rings. The van der Waals surface area contributed by atoms with Gasteiger partial charge in [0, 0.05) is 19.4 Å². The Kier molecular flexibility index (Phi) is 7.61. The molecule has 162 valence electrons. The van der Waals surface area contributed by atoms with Gasteiger partial charge in [-0.15, -0.1) is 0 Å². The largest absolute Gasteiger partial charge is 0.460 e. The van der Waals surface area contributed by atoms with Gasteiger partial charge in [0.15, 0.2) is 0 Å². The predicted octanol–water partition coefficient (Wildman–Crippen LogP) is 3.41. The molecule has 0 aromatic heterocycles. The van der Waals surface area contributed by atoms with Crippen LogP contribution < -0.4 is 9.50 Å². The van der Waals surface area contributed by atoms with E-state index >= 15 is 0 Å². The molecule has 1 amide bonds. The minimum atomic E-state index is -3.94. The molecule has 0 saturated carbocycles. The Morgan fingerprint density at radius 2 is 1.60 bits per heavy atom. The maximum absolute atomic E-state index is 12.3. The summed E-state index contributed by atoms with van der Waals surface area (Å²) in [5.41, 5.74) is 0.137. The molecule has 0 aliphatic heterocycles. The van der Waals surface area contributed by atoms with Crippen molar-refractivity contribution in [2.45, 2.75) is 50.5 Å². The first-order chi connectivity index (χ1) is 14.0. The molecule has 8 heteroatoms. The Bertz CT molecular complexity index is 963. The second-order valence-electron chi connectivity index (χ2n) is 7.84. The second kappa shape index (κ2) is 9.75. The third kappa shape index (κ3) is 7.51. The molecule has 1 unspecified atom stereocenters. The Balaban J connectivity index is 2.15. The third-order valence-electron chi connectivity index (χ3n) is 4.02. The van der Waals surface area contributed by atoms with Crippen molar-refractivity contribution < 1.29 is 26.9 Å². The zero-order chi connectivity index (χ0) is 22.4. The summed E-state index contributed by atoms with van der Waals surface area (Å²) in [6.45, 7) is 7.00. The lowest BCUT2D eigenvalue weighted by atomic mass is 9.95. The Labute approximate surface area is 177 Å². The first kappa shape index (κ1) is 23.4. The maximum Gasteiger partial charge on any atom is 0.339 e. The van der Waals surface area contributed by atoms with Crippen molar-refractivity contribution in [3.8, 4) is 5.75 Å². The highest BCUT2D eigenvalue weighted by molar-refractivity contribution is 7.87. The second-order valence-corrected chi connectivity index (χ2v) is 9.39. The van der Waals surface area contributed by atoms with E-state index < -0.39 is 15.7 Å². The zero-order valence-electron chi connectivity index (χ0n) is 17.5. The first-order valence-electron chi connectivity index (χ1n) is 9.52. The van der Waals surface area contributed by atoms with Crippen molar-refractivity contribution in [2.75, 3.05) is 6.54 Å². The summed E-state index contributed by atoms with van der Waals surface area (Å²) >= 11 is 0. The molecule has 2 aromatic rings. The van der Waals surface area contributed by atoms with Gasteiger partial charge in [0.1, 0.15) is 16.2 Å². The number of hydrogen-bond acceptors (Lipinski definition) is 6. The summed E-state index contributed by atoms with van der Waals surface area (Å²) in [4.78, 5) is 23.6. The highest BCUT2D eigenvalue weighted by Gasteiger charge is 2.22. The summed E-state index contributed by atoms with van der Waals surface area (Å²) in [5, 5.41) is 2.71. The number of benzene rings is 2. The summed E-state index contributed by atoms with van der Waals surface area (Å²) < 4.78 is 35.2. The van der Waals surface area contributed by atoms with Crippen LogP contribution >= 0.6 is 0 Å². The molecule has 0 bridgehead atoms. The van der Waals surface area contributed by atoms with Crippen molar-refractivity contribution in [1.29, 1.82) is 0 Å². The van der Waals surface area contributed by atoms with E-state index in [0.29, 0.717) is 0 Å². The highest BCUT2D eigenvalue weighted by atomic mass is 32.2. The average Bonchev–Trinajstić information content (AvgIpc) is 2.65. The number of carbonyl (C=O) groups excluding carboxylic acids is 2. The molecule has 1 atom stereocenters. The van der Waals surface area contributed by atoms with Crippen molar-refractivity contribution in [1.82, 2.24) is 5.32 Å². The topological polar surface area (TPSA) is 98.8 Å². The number of carbonyl (C=O) groups is 2. The van der Waals surface area contributed by atoms with Crippen LogP contribution in [0.3, 0.4) is 0 Å². The van der Waals surface area contributed by atoms with Crippen molar-refractivity contribution >= 4 is 22.0 Å². The van der Waals surface area contributed by atoms with E-state index in [1.54, 1.807) is 51.1 Å². The van der Waals surface area contributed by atoms with Gasteiger partial charge in [0.25, 0.3) is 0 Å². The molecule has 0 heterocycles. The molecule has 0 fully saturated rings. The quantitative estimate of drug-likeness (QED) is 0.506. The number of rotatable bonds is 8. The van der Waals surface area contributed by atoms with Gasteiger partial charge in [0.2, 0.25) is 5.91 Å². The van der Waals surface area contributed by atoms with Crippen LogP contribution in [0.4, 0.5) is 0 Å². The van der Waals surface area contributed by atoms with Crippen LogP contribution in [-0.2, 0) is 24.4 Å². The van der Waals surface area contributed by atoms with E-state index in [0.717, 1.165) is 5.56 Å². The first-order valence-corrected chi connectivity index (χ1v) is 10.9. The van der Waals surface area contributed by atoms with E-state index in [2.05, 4.69) is 5.32 Å². The summed E-state index contributed by atoms with van der Waals surface area (Å²) in [6, 6.07) is 14.2. The van der Waals surface area contributed by atoms with E-state index in [1.807, 2.05) is 0 Å². The van der Waals surface area contributed by atoms with Crippen LogP contribution in [0.25, 0.3) is 0 Å². The van der Waals surface area contributed by atoms with Gasteiger partial charge in [-0.05, 0) is 50.6 Å². The summed E-state index contributed by atoms with van der Waals surface area (Å²) in [6.07, 6.45) is 0.0695. The van der Waals surface area contributed by atoms with Crippen molar-refractivity contribution in [2.24, 2.45) is 0 Å². The molecule has 2 aromatic carbocycles. The minimum Gasteiger partial charge on any atom is -0.460 e. The lowest BCUT2D eigenvalue weighted by Gasteiger charge is -2.23. The number of nitrogens with one attached hydrogen (secondary N) is 1. The van der Waals surface area contributed by atoms with Gasteiger partial charge in [0.05, 0.1) is 6.42 Å². The van der Waals surface area contributed by atoms with E-state index in [9.17, 15) is 18.0 Å². The molecule has 1 N–H and O–H groups in total. The lowest BCUT2D eigenvalue weighted by Crippen LogP contribution is -2.30. The Hall–Kier alpha value is -2.87. The number of esters is 1. The minimum absolute atomic E-state index is 0.0579. The fourth-order valence-corrected chi connectivity index (χ4v) is 3.67. The highest BCUT2D eigenvalue weighted by Crippen LogP contribution is 2.25. The average molecular weight is 434 g/mol. The standard InChI is InChI=1S/C22H27NO6S/c1-16(24)23-15-18(14-21(25)28-22(2,3)4)17-10-12-19(13-11-17)29-30(26,27)20-8-6-5-7-9-20/h5-13,18H,14-15H2,1-4H3,(H,23,24). The Morgan fingerprint density at radius 3 is 2.13 bits per heavy atom. The van der Waals surface area contributed by atoms with E-state index in [-0.39, 0.29) is 41.4 Å². The Morgan fingerprint density at radius 1 is 1.00 bits per heavy atom. The molecule has 0 radical (unpaired) electrons. The van der Waals surface area contributed by atoms with E-state index in [4.69, 9.17) is 8.92 Å². The number of ether oxygens (including phenoxy) is 1. The van der Waals surface area contributed by atoms with Crippen molar-refractivity contribution in [3.05, 3.63) is 60.2 Å². The van der Waals surface area contributed by atoms with Crippen LogP contribution in [-0.4, -0.2) is 32.4 Å². The summed E-state index contributed by atoms with van der Waals surface area (Å²) in [5.74, 6) is -0.774. The molecule has 2 rings (SSSR count). The zero-order valence-corrected chi connectivity index (χ0v) is 18.4. The molecule has 30 heavy (non-hydrogen) atoms. The molecule has 0 aliphatic carbocycles. The smallest absolute Gasteiger partial charge is 0.339 e. The lowest BCUT2D eigenvalue weighted by molar-refractivity contribution is -0.155. The number of hydrogen-bond donors (Lipinski definition) is 1. The van der Waals surface area contributed by atoms with Crippen LogP contribution in [0, 0.1) is 0 Å². The molecular formula is C22H27NO6S. The van der Waals surface area contributed by atoms with Gasteiger partial charge in [-0.25, -0.2) is 0 Å². The fourth-order valence-electron chi connectivity index (χ4n) is 2.72. The van der Waals surface area contributed by atoms with Gasteiger partial charge in [-0.1, -0.05) is 30.3 Å². The fraction of sp³-hybridized carbons (Fsp3) is 0.364. The molecular weight excluding hydrogens is 406 g/mol. The third-order valence-corrected chi connectivity index (χ3v) is 5.28. The number of amides is 1. The maximum atomic E-state index is 12.3. The monoisotopic (exact) mass is 433 g/mol. The van der Waals surface area contributed by atoms with Gasteiger partial charge < -0.3 is 14.2 Å². The molecule has 7 nitrogen and oxygen atoms in total. The SMILES string of the molecule is CC(=O)NCC(CC(=O)OC(C)(C)C)c1ccc(OS(=O)(=O)c2ccccc2)cc1. The van der Waals surface area contributed by atoms with Gasteiger partial charge in [-0.2, -0.15) is 8.42 Å². The van der Waals surface area contributed by atoms with Gasteiger partial charge in [-0.3, -0.25) is 9.59 Å². The predicted molar refractivity (Wildman–Crippen MR) is 113 cm³/mol. The van der Waals surface area contributed by atoms with Crippen LogP contribution in [0.1, 0.15) is 45.6 Å². The summed E-state index contributed by atoms with van der Waals surface area (Å²) in [7, 11) is -3.94. The van der Waals surface area contributed by atoms with Crippen molar-refractivity contribution in [3.63, 3.8) is 0 Å².